The van der Waals surface area contributed by atoms with E-state index in [0.29, 0.717) is 0 Å². The van der Waals surface area contributed by atoms with Gasteiger partial charge in [0, 0.05) is 0 Å². The molecule has 0 aliphatic heterocycles. The van der Waals surface area contributed by atoms with Gasteiger partial charge >= 0.3 is 29.6 Å². The molecule has 0 bridgehead atoms. The molecule has 0 aliphatic rings. The molecule has 0 aromatic rings. The molecule has 1 nitrogen and oxygen atoms in total. The molecule has 0 rings (SSSR count). The molecule has 16 valence electrons. The van der Waals surface area contributed by atoms with Crippen LogP contribution in [0.25, 0.3) is 0 Å². The zero-order valence-electron chi connectivity index (χ0n) is 3.95. The molecule has 0 aromatic carbocycles. The molecule has 0 unspecified atom stereocenters. The van der Waals surface area contributed by atoms with Crippen LogP contribution in [0.5, 0.6) is 0 Å². The fourth-order valence-corrected chi connectivity index (χ4v) is 0. The predicted octanol–water partition coefficient (Wildman–Crippen LogP) is -4.16. The molecule has 0 radical (unpaired) electrons. The molecule has 0 aliphatic carbocycles. The Morgan fingerprint density at radius 3 is 2.50 bits per heavy atom. The third kappa shape index (κ3) is 20.1. The summed E-state index contributed by atoms with van der Waals surface area (Å²) in [7, 11) is -0.931. The van der Waals surface area contributed by atoms with Gasteiger partial charge in [0.2, 0.25) is 0 Å². The maximum atomic E-state index is 7.49. The number of nitrogens with zero attached hydrogens (tertiary/aromatic N) is 1. The van der Waals surface area contributed by atoms with E-state index >= 15 is 0 Å². The molecule has 3 heteroatoms. The summed E-state index contributed by atoms with van der Waals surface area (Å²) in [6, 6.07) is 0. The van der Waals surface area contributed by atoms with E-state index in [2.05, 4.69) is 0 Å². The maximum absolute atomic E-state index is 7.49. The molecule has 0 atom stereocenters. The summed E-state index contributed by atoms with van der Waals surface area (Å²) in [5.74, 6) is 1.72. The van der Waals surface area contributed by atoms with Crippen molar-refractivity contribution in [2.45, 2.75) is 0 Å². The Hall–Kier alpha value is 0.555. The Labute approximate surface area is 50.1 Å². The van der Waals surface area contributed by atoms with Crippen molar-refractivity contribution in [3.8, 4) is 5.97 Å². The molecule has 0 N–H and O–H groups in total. The first-order valence-corrected chi connectivity index (χ1v) is 0.724. The molecule has 0 fully saturated rings. The van der Waals surface area contributed by atoms with Gasteiger partial charge in [-0.2, -0.15) is 5.97 Å². The van der Waals surface area contributed by atoms with E-state index in [-0.39, 0.29) is 29.6 Å². The smallest absolute Gasteiger partial charge is 0.251 e. The van der Waals surface area contributed by atoms with Crippen molar-refractivity contribution in [3.63, 3.8) is 0 Å². The monoisotopic (exact) mass is 64.0 g/mol. The van der Waals surface area contributed by atoms with E-state index in [1.54, 1.807) is 5.97 Å². The first-order valence-electron chi connectivity index (χ1n) is 1.72. The topological polar surface area (TPSA) is 23.8 Å². The van der Waals surface area contributed by atoms with Gasteiger partial charge in [0.15, 0.2) is 0 Å². The van der Waals surface area contributed by atoms with Gasteiger partial charge < -0.3 is 0 Å². The summed E-state index contributed by atoms with van der Waals surface area (Å²) in [6.45, 7) is 0. The van der Waals surface area contributed by atoms with E-state index in [0.717, 1.165) is 0 Å². The van der Waals surface area contributed by atoms with Gasteiger partial charge in [0.05, 0.1) is 7.81 Å². The molecule has 0 saturated carbocycles. The number of hydrogen-bond donors (Lipinski definition) is 0. The van der Waals surface area contributed by atoms with Crippen molar-refractivity contribution in [2.24, 2.45) is 0 Å². The van der Waals surface area contributed by atoms with E-state index in [1.165, 1.54) is 0 Å². The second-order valence-electron chi connectivity index (χ2n) is 0.224. The van der Waals surface area contributed by atoms with Crippen LogP contribution in [0.1, 0.15) is 0 Å². The van der Waals surface area contributed by atoms with Crippen LogP contribution in [-0.4, -0.2) is 9.15 Å². The first kappa shape index (κ1) is 4.55. The number of nitriles is 1. The van der Waals surface area contributed by atoms with Gasteiger partial charge in [0.1, 0.15) is 0 Å². The third-order valence-corrected chi connectivity index (χ3v) is 0. The summed E-state index contributed by atoms with van der Waals surface area (Å²) in [5, 5.41) is 7.49. The second-order valence-corrected chi connectivity index (χ2v) is 0.224. The van der Waals surface area contributed by atoms with Crippen LogP contribution in [-0.2, 0) is 0 Å². The fraction of sp³-hybridized carbons (Fsp3) is 0. The average Bonchev–Trinajstić information content (AvgIpc) is 1.37. The van der Waals surface area contributed by atoms with Crippen molar-refractivity contribution in [3.05, 3.63) is 0 Å². The van der Waals surface area contributed by atoms with Crippen molar-refractivity contribution in [1.29, 1.82) is 6.60 Å². The third-order valence-electron chi connectivity index (χ3n) is 0. The van der Waals surface area contributed by atoms with Crippen molar-refractivity contribution in [1.82, 2.24) is 0 Å². The van der Waals surface area contributed by atoms with Crippen LogP contribution < -0.4 is 29.6 Å². The molecule has 4 heavy (non-hydrogen) atoms. The molecule has 0 aromatic heterocycles. The van der Waals surface area contributed by atoms with E-state index < -0.39 is 7.81 Å². The van der Waals surface area contributed by atoms with Crippen LogP contribution >= 0.6 is 0 Å². The van der Waals surface area contributed by atoms with Gasteiger partial charge in [-0.05, 0) is 0 Å². The summed E-state index contributed by atoms with van der Waals surface area (Å²) in [5.41, 5.74) is 0. The Bertz CT molecular complexity index is 41.4. The first-order chi connectivity index (χ1) is 1.91. The minimum absolute atomic E-state index is 0. The maximum Gasteiger partial charge on any atom is 1.00 e. The van der Waals surface area contributed by atoms with E-state index in [1.807, 2.05) is 0 Å². The Balaban J connectivity index is 0. The average molecular weight is 63.9 g/mol. The zero-order chi connectivity index (χ0) is 3.41. The summed E-state index contributed by atoms with van der Waals surface area (Å²) in [6.07, 6.45) is 0. The normalized spacial score (nSPS) is 5.25. The largest absolute Gasteiger partial charge is 1.00 e. The standard InChI is InChI=1S/CH3BN.Na/c2-1-3;/h2H3;/q-1;+1/i2D;. The van der Waals surface area contributed by atoms with Gasteiger partial charge in [-0.1, -0.05) is 0 Å². The van der Waals surface area contributed by atoms with Gasteiger partial charge in [-0.25, -0.2) is 1.34 Å². The fourth-order valence-electron chi connectivity index (χ4n) is 0. The van der Waals surface area contributed by atoms with Gasteiger partial charge in [-0.3, -0.25) is 5.26 Å². The van der Waals surface area contributed by atoms with E-state index in [9.17, 15) is 0 Å². The van der Waals surface area contributed by atoms with Crippen molar-refractivity contribution < 1.29 is 29.6 Å². The summed E-state index contributed by atoms with van der Waals surface area (Å²) < 4.78 is 6.22. The Morgan fingerprint density at radius 2 is 2.50 bits per heavy atom. The van der Waals surface area contributed by atoms with Crippen LogP contribution in [0, 0.1) is 11.2 Å². The number of rotatable bonds is 0. The number of hydrogen-bond acceptors (Lipinski definition) is 1. The Morgan fingerprint density at radius 1 is 2.25 bits per heavy atom. The van der Waals surface area contributed by atoms with E-state index in [4.69, 9.17) is 6.60 Å². The zero-order valence-corrected chi connectivity index (χ0v) is 4.95. The molecule has 0 heterocycles. The summed E-state index contributed by atoms with van der Waals surface area (Å²) in [4.78, 5) is 0. The second kappa shape index (κ2) is 9.60. The minimum atomic E-state index is -0.931. The predicted molar refractivity (Wildman–Crippen MR) is 15.6 cm³/mol. The molecule has 0 saturated heterocycles. The quantitative estimate of drug-likeness (QED) is 0.262. The van der Waals surface area contributed by atoms with Crippen molar-refractivity contribution in [2.75, 3.05) is 0 Å². The van der Waals surface area contributed by atoms with Crippen LogP contribution in [0.4, 0.5) is 0 Å². The van der Waals surface area contributed by atoms with Crippen LogP contribution in [0.15, 0.2) is 0 Å². The van der Waals surface area contributed by atoms with Gasteiger partial charge in [-0.15, -0.1) is 0 Å². The molecular weight excluding hydrogens is 59.8 g/mol. The van der Waals surface area contributed by atoms with Crippen molar-refractivity contribution >= 4 is 7.81 Å². The van der Waals surface area contributed by atoms with Crippen LogP contribution in [0.2, 0.25) is 0 Å². The minimum Gasteiger partial charge on any atom is -0.251 e. The Kier molecular flexibility index (Phi) is 10.9. The summed E-state index contributed by atoms with van der Waals surface area (Å²) >= 11 is 0. The SMILES string of the molecule is [2H][BH2-]C#N.[Na+]. The van der Waals surface area contributed by atoms with Gasteiger partial charge in [0.25, 0.3) is 0 Å². The molecule has 0 amide bonds. The molecular formula is CH3BNNa. The van der Waals surface area contributed by atoms with Crippen LogP contribution in [0.3, 0.4) is 0 Å². The molecule has 0 spiro atoms.